The summed E-state index contributed by atoms with van der Waals surface area (Å²) in [6.45, 7) is 0.123. The maximum atomic E-state index is 10.9. The van der Waals surface area contributed by atoms with Crippen LogP contribution in [0.25, 0.3) is 5.65 Å². The van der Waals surface area contributed by atoms with Crippen molar-refractivity contribution in [2.45, 2.75) is 19.3 Å². The molecular weight excluding hydrogens is 258 g/mol. The molecule has 2 rings (SSSR count). The van der Waals surface area contributed by atoms with E-state index >= 15 is 0 Å². The number of fused-ring (bicyclic) bond motifs is 1. The summed E-state index contributed by atoms with van der Waals surface area (Å²) >= 11 is 5.95. The number of hydrogen-bond acceptors (Lipinski definition) is 4. The Kier molecular flexibility index (Phi) is 3.78. The van der Waals surface area contributed by atoms with E-state index in [1.807, 2.05) is 0 Å². The maximum absolute atomic E-state index is 10.9. The standard InChI is InChI=1S/C11H12ClN3O3/c12-8-5-7(11(17)18)6-15-9(3-1-2-4-16)13-14-10(8)15/h5-6,16H,1-4H2,(H,17,18). The minimum absolute atomic E-state index is 0.0932. The first-order valence-corrected chi connectivity index (χ1v) is 5.88. The Labute approximate surface area is 108 Å². The number of aliphatic hydroxyl groups excluding tert-OH is 1. The van der Waals surface area contributed by atoms with Crippen LogP contribution < -0.4 is 0 Å². The smallest absolute Gasteiger partial charge is 0.337 e. The van der Waals surface area contributed by atoms with Crippen LogP contribution in [-0.4, -0.2) is 37.4 Å². The van der Waals surface area contributed by atoms with E-state index in [1.165, 1.54) is 12.3 Å². The van der Waals surface area contributed by atoms with Crippen molar-refractivity contribution in [2.24, 2.45) is 0 Å². The van der Waals surface area contributed by atoms with Gasteiger partial charge in [-0.2, -0.15) is 0 Å². The number of carbonyl (C=O) groups is 1. The fourth-order valence-electron chi connectivity index (χ4n) is 1.68. The lowest BCUT2D eigenvalue weighted by Gasteiger charge is -2.02. The Morgan fingerprint density at radius 2 is 2.17 bits per heavy atom. The zero-order valence-corrected chi connectivity index (χ0v) is 10.3. The summed E-state index contributed by atoms with van der Waals surface area (Å²) in [4.78, 5) is 10.9. The summed E-state index contributed by atoms with van der Waals surface area (Å²) < 4.78 is 1.59. The predicted octanol–water partition coefficient (Wildman–Crippen LogP) is 1.40. The van der Waals surface area contributed by atoms with Crippen molar-refractivity contribution in [2.75, 3.05) is 6.61 Å². The van der Waals surface area contributed by atoms with Gasteiger partial charge in [-0.05, 0) is 18.9 Å². The van der Waals surface area contributed by atoms with Crippen molar-refractivity contribution < 1.29 is 15.0 Å². The Bertz CT molecular complexity index is 582. The number of halogens is 1. The van der Waals surface area contributed by atoms with Crippen LogP contribution >= 0.6 is 11.6 Å². The van der Waals surface area contributed by atoms with E-state index in [9.17, 15) is 4.79 Å². The number of carboxylic acid groups (broad SMARTS) is 1. The van der Waals surface area contributed by atoms with Crippen molar-refractivity contribution in [1.29, 1.82) is 0 Å². The van der Waals surface area contributed by atoms with E-state index in [0.717, 1.165) is 6.42 Å². The number of hydrogen-bond donors (Lipinski definition) is 2. The van der Waals surface area contributed by atoms with Gasteiger partial charge in [0.2, 0.25) is 0 Å². The monoisotopic (exact) mass is 269 g/mol. The molecule has 0 aliphatic carbocycles. The van der Waals surface area contributed by atoms with Gasteiger partial charge in [0.25, 0.3) is 0 Å². The molecule has 2 heterocycles. The lowest BCUT2D eigenvalue weighted by Crippen LogP contribution is -2.02. The van der Waals surface area contributed by atoms with E-state index in [-0.39, 0.29) is 17.2 Å². The van der Waals surface area contributed by atoms with Gasteiger partial charge in [0.1, 0.15) is 5.82 Å². The van der Waals surface area contributed by atoms with E-state index < -0.39 is 5.97 Å². The van der Waals surface area contributed by atoms with Gasteiger partial charge in [-0.15, -0.1) is 10.2 Å². The van der Waals surface area contributed by atoms with Crippen molar-refractivity contribution in [3.63, 3.8) is 0 Å². The Balaban J connectivity index is 2.40. The molecule has 7 heteroatoms. The number of aromatic nitrogens is 3. The first-order valence-electron chi connectivity index (χ1n) is 5.51. The molecule has 96 valence electrons. The Morgan fingerprint density at radius 1 is 1.39 bits per heavy atom. The van der Waals surface area contributed by atoms with E-state index in [0.29, 0.717) is 24.3 Å². The van der Waals surface area contributed by atoms with Crippen molar-refractivity contribution in [3.8, 4) is 0 Å². The topological polar surface area (TPSA) is 87.7 Å². The van der Waals surface area contributed by atoms with Gasteiger partial charge in [-0.25, -0.2) is 4.79 Å². The van der Waals surface area contributed by atoms with Gasteiger partial charge >= 0.3 is 5.97 Å². The van der Waals surface area contributed by atoms with Crippen LogP contribution in [0.15, 0.2) is 12.3 Å². The summed E-state index contributed by atoms with van der Waals surface area (Å²) in [6.07, 6.45) is 3.49. The van der Waals surface area contributed by atoms with Crippen molar-refractivity contribution in [1.82, 2.24) is 14.6 Å². The highest BCUT2D eigenvalue weighted by molar-refractivity contribution is 6.33. The van der Waals surface area contributed by atoms with Gasteiger partial charge in [-0.1, -0.05) is 11.6 Å². The average molecular weight is 270 g/mol. The second kappa shape index (κ2) is 5.32. The SMILES string of the molecule is O=C(O)c1cc(Cl)c2nnc(CCCCO)n2c1. The highest BCUT2D eigenvalue weighted by atomic mass is 35.5. The highest BCUT2D eigenvalue weighted by Crippen LogP contribution is 2.19. The van der Waals surface area contributed by atoms with Gasteiger partial charge in [-0.3, -0.25) is 4.40 Å². The lowest BCUT2D eigenvalue weighted by atomic mass is 10.2. The third kappa shape index (κ3) is 2.44. The van der Waals surface area contributed by atoms with Crippen LogP contribution in [0.3, 0.4) is 0 Å². The summed E-state index contributed by atoms with van der Waals surface area (Å²) in [5.74, 6) is -0.405. The molecule has 18 heavy (non-hydrogen) atoms. The molecular formula is C11H12ClN3O3. The molecule has 0 bridgehead atoms. The molecule has 0 amide bonds. The van der Waals surface area contributed by atoms with Crippen LogP contribution in [-0.2, 0) is 6.42 Å². The Hall–Kier alpha value is -1.66. The molecule has 0 atom stereocenters. The molecule has 0 unspecified atom stereocenters. The third-order valence-electron chi connectivity index (χ3n) is 2.59. The van der Waals surface area contributed by atoms with Gasteiger partial charge in [0.05, 0.1) is 10.6 Å². The molecule has 6 nitrogen and oxygen atoms in total. The molecule has 2 N–H and O–H groups in total. The number of unbranched alkanes of at least 4 members (excludes halogenated alkanes) is 1. The zero-order chi connectivity index (χ0) is 13.1. The van der Waals surface area contributed by atoms with Crippen LogP contribution in [0.4, 0.5) is 0 Å². The first kappa shape index (κ1) is 12.8. The van der Waals surface area contributed by atoms with Crippen LogP contribution in [0.1, 0.15) is 29.0 Å². The third-order valence-corrected chi connectivity index (χ3v) is 2.86. The van der Waals surface area contributed by atoms with Crippen LogP contribution in [0.5, 0.6) is 0 Å². The fraction of sp³-hybridized carbons (Fsp3) is 0.364. The summed E-state index contributed by atoms with van der Waals surface area (Å²) in [5.41, 5.74) is 0.538. The number of pyridine rings is 1. The average Bonchev–Trinajstić information content (AvgIpc) is 2.73. The predicted molar refractivity (Wildman–Crippen MR) is 65.0 cm³/mol. The van der Waals surface area contributed by atoms with Crippen molar-refractivity contribution in [3.05, 3.63) is 28.7 Å². The molecule has 2 aromatic rings. The zero-order valence-electron chi connectivity index (χ0n) is 9.51. The van der Waals surface area contributed by atoms with Gasteiger partial charge in [0.15, 0.2) is 5.65 Å². The number of aliphatic hydroxyl groups is 1. The molecule has 0 aliphatic rings. The van der Waals surface area contributed by atoms with Gasteiger partial charge < -0.3 is 10.2 Å². The van der Waals surface area contributed by atoms with E-state index in [4.69, 9.17) is 21.8 Å². The molecule has 0 aromatic carbocycles. The number of nitrogens with zero attached hydrogens (tertiary/aromatic N) is 3. The van der Waals surface area contributed by atoms with E-state index in [2.05, 4.69) is 10.2 Å². The fourth-order valence-corrected chi connectivity index (χ4v) is 1.93. The summed E-state index contributed by atoms with van der Waals surface area (Å²) in [7, 11) is 0. The largest absolute Gasteiger partial charge is 0.478 e. The minimum atomic E-state index is -1.05. The quantitative estimate of drug-likeness (QED) is 0.801. The molecule has 0 spiro atoms. The molecule has 0 aliphatic heterocycles. The second-order valence-corrected chi connectivity index (χ2v) is 4.28. The molecule has 0 saturated carbocycles. The Morgan fingerprint density at radius 3 is 2.83 bits per heavy atom. The maximum Gasteiger partial charge on any atom is 0.337 e. The first-order chi connectivity index (χ1) is 8.63. The van der Waals surface area contributed by atoms with Gasteiger partial charge in [0, 0.05) is 19.2 Å². The van der Waals surface area contributed by atoms with Crippen LogP contribution in [0.2, 0.25) is 5.02 Å². The van der Waals surface area contributed by atoms with Crippen LogP contribution in [0, 0.1) is 0 Å². The summed E-state index contributed by atoms with van der Waals surface area (Å²) in [5, 5.41) is 25.9. The molecule has 0 saturated heterocycles. The van der Waals surface area contributed by atoms with E-state index in [1.54, 1.807) is 4.40 Å². The number of aromatic carboxylic acids is 1. The summed E-state index contributed by atoms with van der Waals surface area (Å²) in [6, 6.07) is 1.35. The normalized spacial score (nSPS) is 11.0. The minimum Gasteiger partial charge on any atom is -0.478 e. The number of aryl methyl sites for hydroxylation is 1. The second-order valence-electron chi connectivity index (χ2n) is 3.87. The van der Waals surface area contributed by atoms with Crippen molar-refractivity contribution >= 4 is 23.2 Å². The molecule has 0 radical (unpaired) electrons. The lowest BCUT2D eigenvalue weighted by molar-refractivity contribution is 0.0696. The molecule has 2 aromatic heterocycles. The highest BCUT2D eigenvalue weighted by Gasteiger charge is 2.13. The number of rotatable bonds is 5. The number of carboxylic acids is 1. The molecule has 0 fully saturated rings.